The van der Waals surface area contributed by atoms with Gasteiger partial charge in [-0.1, -0.05) is 18.0 Å². The summed E-state index contributed by atoms with van der Waals surface area (Å²) in [5.41, 5.74) is 1.80. The van der Waals surface area contributed by atoms with E-state index in [0.29, 0.717) is 10.8 Å². The molecule has 1 aliphatic heterocycles. The van der Waals surface area contributed by atoms with Gasteiger partial charge in [0.05, 0.1) is 0 Å². The minimum absolute atomic E-state index is 0.260. The van der Waals surface area contributed by atoms with Crippen LogP contribution in [0.4, 0.5) is 0 Å². The third-order valence-corrected chi connectivity index (χ3v) is 3.20. The Morgan fingerprint density at radius 3 is 2.87 bits per heavy atom. The van der Waals surface area contributed by atoms with Gasteiger partial charge in [-0.3, -0.25) is 0 Å². The number of aryl methyl sites for hydroxylation is 1. The van der Waals surface area contributed by atoms with E-state index >= 15 is 0 Å². The molecule has 2 N–H and O–H groups in total. The highest BCUT2D eigenvalue weighted by Gasteiger charge is 2.19. The largest absolute Gasteiger partial charge is 0.507 e. The van der Waals surface area contributed by atoms with Crippen LogP contribution in [0.25, 0.3) is 0 Å². The van der Waals surface area contributed by atoms with Gasteiger partial charge in [-0.05, 0) is 44.0 Å². The van der Waals surface area contributed by atoms with Crippen LogP contribution in [0.3, 0.4) is 0 Å². The molecular weight excluding hydrogens is 210 g/mol. The molecule has 1 aliphatic rings. The van der Waals surface area contributed by atoms with Crippen molar-refractivity contribution in [1.29, 1.82) is 0 Å². The van der Waals surface area contributed by atoms with Crippen LogP contribution in [-0.4, -0.2) is 11.7 Å². The molecule has 15 heavy (non-hydrogen) atoms. The van der Waals surface area contributed by atoms with Crippen LogP contribution < -0.4 is 5.32 Å². The van der Waals surface area contributed by atoms with Crippen molar-refractivity contribution in [2.24, 2.45) is 0 Å². The maximum absolute atomic E-state index is 9.98. The first-order valence-corrected chi connectivity index (χ1v) is 5.78. The van der Waals surface area contributed by atoms with E-state index < -0.39 is 0 Å². The Balaban J connectivity index is 2.33. The van der Waals surface area contributed by atoms with Crippen molar-refractivity contribution in [3.8, 4) is 5.75 Å². The molecule has 82 valence electrons. The van der Waals surface area contributed by atoms with Gasteiger partial charge in [-0.2, -0.15) is 0 Å². The average molecular weight is 226 g/mol. The van der Waals surface area contributed by atoms with Crippen LogP contribution in [0.2, 0.25) is 5.02 Å². The molecule has 1 aromatic carbocycles. The highest BCUT2D eigenvalue weighted by Crippen LogP contribution is 2.34. The Morgan fingerprint density at radius 2 is 2.20 bits per heavy atom. The molecule has 0 aromatic heterocycles. The number of hydrogen-bond donors (Lipinski definition) is 2. The molecule has 1 aromatic rings. The minimum Gasteiger partial charge on any atom is -0.507 e. The quantitative estimate of drug-likeness (QED) is 0.770. The molecule has 0 saturated carbocycles. The molecule has 0 spiro atoms. The lowest BCUT2D eigenvalue weighted by Gasteiger charge is -2.25. The average Bonchev–Trinajstić information content (AvgIpc) is 2.24. The smallest absolute Gasteiger partial charge is 0.123 e. The fraction of sp³-hybridized carbons (Fsp3) is 0.500. The predicted molar refractivity (Wildman–Crippen MR) is 62.4 cm³/mol. The molecule has 1 heterocycles. The zero-order valence-electron chi connectivity index (χ0n) is 8.89. The van der Waals surface area contributed by atoms with Gasteiger partial charge in [-0.15, -0.1) is 0 Å². The summed E-state index contributed by atoms with van der Waals surface area (Å²) in [5.74, 6) is 0.388. The van der Waals surface area contributed by atoms with Crippen molar-refractivity contribution in [1.82, 2.24) is 5.32 Å². The highest BCUT2D eigenvalue weighted by atomic mass is 35.5. The second-order valence-electron chi connectivity index (χ2n) is 4.16. The summed E-state index contributed by atoms with van der Waals surface area (Å²) in [6.45, 7) is 2.91. The van der Waals surface area contributed by atoms with Gasteiger partial charge in [0, 0.05) is 16.6 Å². The number of piperidine rings is 1. The standard InChI is InChI=1S/C12H16ClNO/c1-8-6-9(13)7-10(12(8)15)11-4-2-3-5-14-11/h6-7,11,14-15H,2-5H2,1H3. The summed E-state index contributed by atoms with van der Waals surface area (Å²) in [5, 5.41) is 14.1. The molecule has 2 rings (SSSR count). The molecule has 0 radical (unpaired) electrons. The fourth-order valence-corrected chi connectivity index (χ4v) is 2.43. The lowest BCUT2D eigenvalue weighted by Crippen LogP contribution is -2.26. The topological polar surface area (TPSA) is 32.3 Å². The molecule has 0 amide bonds. The van der Waals surface area contributed by atoms with Crippen LogP contribution >= 0.6 is 11.6 Å². The Hall–Kier alpha value is -0.730. The first-order chi connectivity index (χ1) is 7.18. The SMILES string of the molecule is Cc1cc(Cl)cc(C2CCCCN2)c1O. The number of hydrogen-bond acceptors (Lipinski definition) is 2. The Labute approximate surface area is 95.3 Å². The van der Waals surface area contributed by atoms with Gasteiger partial charge in [0.2, 0.25) is 0 Å². The second kappa shape index (κ2) is 4.42. The molecule has 1 unspecified atom stereocenters. The molecule has 1 atom stereocenters. The summed E-state index contributed by atoms with van der Waals surface area (Å²) in [4.78, 5) is 0. The van der Waals surface area contributed by atoms with Crippen molar-refractivity contribution in [2.45, 2.75) is 32.2 Å². The van der Waals surface area contributed by atoms with E-state index in [0.717, 1.165) is 24.1 Å². The van der Waals surface area contributed by atoms with Crippen LogP contribution in [0.15, 0.2) is 12.1 Å². The molecule has 1 fully saturated rings. The van der Waals surface area contributed by atoms with Crippen LogP contribution in [0, 0.1) is 6.92 Å². The lowest BCUT2D eigenvalue weighted by molar-refractivity contribution is 0.390. The van der Waals surface area contributed by atoms with Gasteiger partial charge in [0.1, 0.15) is 5.75 Å². The molecule has 0 bridgehead atoms. The van der Waals surface area contributed by atoms with Crippen molar-refractivity contribution in [2.75, 3.05) is 6.54 Å². The zero-order valence-corrected chi connectivity index (χ0v) is 9.64. The Morgan fingerprint density at radius 1 is 1.40 bits per heavy atom. The number of nitrogens with one attached hydrogen (secondary N) is 1. The molecule has 1 saturated heterocycles. The Bertz CT molecular complexity index is 359. The zero-order chi connectivity index (χ0) is 10.8. The highest BCUT2D eigenvalue weighted by molar-refractivity contribution is 6.30. The molecule has 3 heteroatoms. The van der Waals surface area contributed by atoms with Crippen molar-refractivity contribution >= 4 is 11.6 Å². The normalized spacial score (nSPS) is 21.6. The van der Waals surface area contributed by atoms with E-state index in [9.17, 15) is 5.11 Å². The number of aromatic hydroxyl groups is 1. The lowest BCUT2D eigenvalue weighted by atomic mass is 9.95. The van der Waals surface area contributed by atoms with Crippen molar-refractivity contribution in [3.05, 3.63) is 28.3 Å². The summed E-state index contributed by atoms with van der Waals surface area (Å²) < 4.78 is 0. The van der Waals surface area contributed by atoms with E-state index in [2.05, 4.69) is 5.32 Å². The number of benzene rings is 1. The summed E-state index contributed by atoms with van der Waals surface area (Å²) in [7, 11) is 0. The van der Waals surface area contributed by atoms with E-state index in [4.69, 9.17) is 11.6 Å². The maximum Gasteiger partial charge on any atom is 0.123 e. The second-order valence-corrected chi connectivity index (χ2v) is 4.60. The minimum atomic E-state index is 0.260. The van der Waals surface area contributed by atoms with E-state index in [-0.39, 0.29) is 6.04 Å². The third kappa shape index (κ3) is 2.27. The summed E-state index contributed by atoms with van der Waals surface area (Å²) in [6, 6.07) is 3.92. The van der Waals surface area contributed by atoms with E-state index in [1.165, 1.54) is 12.8 Å². The van der Waals surface area contributed by atoms with Crippen LogP contribution in [-0.2, 0) is 0 Å². The molecule has 0 aliphatic carbocycles. The predicted octanol–water partition coefficient (Wildman–Crippen LogP) is 3.17. The summed E-state index contributed by atoms with van der Waals surface area (Å²) >= 11 is 6.00. The number of phenols is 1. The number of halogens is 1. The third-order valence-electron chi connectivity index (χ3n) is 2.98. The molecular formula is C12H16ClNO. The number of rotatable bonds is 1. The molecule has 2 nitrogen and oxygen atoms in total. The van der Waals surface area contributed by atoms with Gasteiger partial charge in [0.15, 0.2) is 0 Å². The van der Waals surface area contributed by atoms with Gasteiger partial charge < -0.3 is 10.4 Å². The van der Waals surface area contributed by atoms with Crippen molar-refractivity contribution in [3.63, 3.8) is 0 Å². The van der Waals surface area contributed by atoms with Crippen LogP contribution in [0.5, 0.6) is 5.75 Å². The number of phenolic OH excluding ortho intramolecular Hbond substituents is 1. The van der Waals surface area contributed by atoms with Gasteiger partial charge >= 0.3 is 0 Å². The van der Waals surface area contributed by atoms with E-state index in [1.807, 2.05) is 13.0 Å². The van der Waals surface area contributed by atoms with Crippen molar-refractivity contribution < 1.29 is 5.11 Å². The first kappa shape index (κ1) is 10.8. The Kier molecular flexibility index (Phi) is 3.17. The first-order valence-electron chi connectivity index (χ1n) is 5.41. The summed E-state index contributed by atoms with van der Waals surface area (Å²) in [6.07, 6.45) is 3.51. The maximum atomic E-state index is 9.98. The van der Waals surface area contributed by atoms with Gasteiger partial charge in [0.25, 0.3) is 0 Å². The fourth-order valence-electron chi connectivity index (χ4n) is 2.14. The van der Waals surface area contributed by atoms with Gasteiger partial charge in [-0.25, -0.2) is 0 Å². The monoisotopic (exact) mass is 225 g/mol. The van der Waals surface area contributed by atoms with E-state index in [1.54, 1.807) is 6.07 Å². The van der Waals surface area contributed by atoms with Crippen LogP contribution in [0.1, 0.15) is 36.4 Å².